The van der Waals surface area contributed by atoms with Gasteiger partial charge in [0.2, 0.25) is 0 Å². The van der Waals surface area contributed by atoms with Crippen LogP contribution >= 0.6 is 11.6 Å². The maximum absolute atomic E-state index is 12.7. The molecule has 8 heteroatoms. The highest BCUT2D eigenvalue weighted by molar-refractivity contribution is 6.35. The van der Waals surface area contributed by atoms with E-state index in [9.17, 15) is 4.79 Å². The lowest BCUT2D eigenvalue weighted by atomic mass is 9.95. The fourth-order valence-electron chi connectivity index (χ4n) is 2.92. The molecule has 2 N–H and O–H groups in total. The molecule has 1 aromatic carbocycles. The standard InChI is InChI=1S/C18H21ClN6O/c1-10(2)5-11-16(18(26)24(3)4)12(19)6-13-17(11)23-9-25(13)15-7-14(20)21-8-22-15/h6-10H,5H2,1-4H3,(H2,20,21,22). The number of hydrogen-bond acceptors (Lipinski definition) is 5. The van der Waals surface area contributed by atoms with E-state index < -0.39 is 0 Å². The summed E-state index contributed by atoms with van der Waals surface area (Å²) in [5, 5.41) is 0.399. The largest absolute Gasteiger partial charge is 0.384 e. The predicted octanol–water partition coefficient (Wildman–Crippen LogP) is 2.95. The van der Waals surface area contributed by atoms with E-state index in [4.69, 9.17) is 17.3 Å². The van der Waals surface area contributed by atoms with Gasteiger partial charge in [-0.15, -0.1) is 0 Å². The number of carbonyl (C=O) groups is 1. The molecule has 0 bridgehead atoms. The van der Waals surface area contributed by atoms with E-state index in [2.05, 4.69) is 28.8 Å². The van der Waals surface area contributed by atoms with Crippen LogP contribution in [0.15, 0.2) is 24.8 Å². The molecule has 3 aromatic rings. The average molecular weight is 373 g/mol. The Kier molecular flexibility index (Phi) is 4.82. The Balaban J connectivity index is 2.30. The van der Waals surface area contributed by atoms with Gasteiger partial charge in [0.25, 0.3) is 5.91 Å². The number of amides is 1. The minimum Gasteiger partial charge on any atom is -0.384 e. The van der Waals surface area contributed by atoms with Crippen LogP contribution in [-0.2, 0) is 6.42 Å². The molecule has 1 amide bonds. The molecular weight excluding hydrogens is 352 g/mol. The quantitative estimate of drug-likeness (QED) is 0.760. The van der Waals surface area contributed by atoms with E-state index in [0.29, 0.717) is 34.6 Å². The first kappa shape index (κ1) is 18.1. The summed E-state index contributed by atoms with van der Waals surface area (Å²) < 4.78 is 1.80. The highest BCUT2D eigenvalue weighted by Crippen LogP contribution is 2.32. The van der Waals surface area contributed by atoms with E-state index in [1.165, 1.54) is 11.2 Å². The number of halogens is 1. The maximum Gasteiger partial charge on any atom is 0.255 e. The number of imidazole rings is 1. The Labute approximate surface area is 156 Å². The van der Waals surface area contributed by atoms with Gasteiger partial charge in [0.1, 0.15) is 24.3 Å². The number of nitrogens with zero attached hydrogens (tertiary/aromatic N) is 5. The van der Waals surface area contributed by atoms with Crippen molar-refractivity contribution in [1.29, 1.82) is 0 Å². The SMILES string of the molecule is CC(C)Cc1c(C(=O)N(C)C)c(Cl)cc2c1ncn2-c1cc(N)ncn1. The van der Waals surface area contributed by atoms with E-state index in [1.807, 2.05) is 0 Å². The molecule has 2 aromatic heterocycles. The summed E-state index contributed by atoms with van der Waals surface area (Å²) >= 11 is 6.53. The minimum atomic E-state index is -0.131. The maximum atomic E-state index is 12.7. The van der Waals surface area contributed by atoms with E-state index in [-0.39, 0.29) is 5.91 Å². The summed E-state index contributed by atoms with van der Waals surface area (Å²) in [6.07, 6.45) is 3.75. The number of nitrogen functional groups attached to an aromatic ring is 1. The Morgan fingerprint density at radius 2 is 2.00 bits per heavy atom. The van der Waals surface area contributed by atoms with Crippen molar-refractivity contribution in [3.05, 3.63) is 40.9 Å². The monoisotopic (exact) mass is 372 g/mol. The molecule has 0 spiro atoms. The molecule has 0 aliphatic rings. The highest BCUT2D eigenvalue weighted by atomic mass is 35.5. The van der Waals surface area contributed by atoms with Crippen molar-refractivity contribution in [2.24, 2.45) is 5.92 Å². The lowest BCUT2D eigenvalue weighted by Gasteiger charge is -2.18. The van der Waals surface area contributed by atoms with Crippen LogP contribution in [-0.4, -0.2) is 44.4 Å². The third kappa shape index (κ3) is 3.22. The summed E-state index contributed by atoms with van der Waals surface area (Å²) in [5.74, 6) is 1.17. The molecule has 0 saturated carbocycles. The second-order valence-corrected chi connectivity index (χ2v) is 7.20. The number of carbonyl (C=O) groups excluding carboxylic acids is 1. The zero-order chi connectivity index (χ0) is 19.0. The van der Waals surface area contributed by atoms with Crippen molar-refractivity contribution in [3.8, 4) is 5.82 Å². The molecule has 0 saturated heterocycles. The molecule has 0 atom stereocenters. The smallest absolute Gasteiger partial charge is 0.255 e. The molecule has 3 rings (SSSR count). The van der Waals surface area contributed by atoms with Gasteiger partial charge in [-0.1, -0.05) is 25.4 Å². The first-order chi connectivity index (χ1) is 12.3. The van der Waals surface area contributed by atoms with E-state index in [1.54, 1.807) is 37.1 Å². The molecule has 0 aliphatic heterocycles. The van der Waals surface area contributed by atoms with E-state index >= 15 is 0 Å². The van der Waals surface area contributed by atoms with Crippen molar-refractivity contribution in [1.82, 2.24) is 24.4 Å². The second-order valence-electron chi connectivity index (χ2n) is 6.79. The van der Waals surface area contributed by atoms with Gasteiger partial charge in [-0.05, 0) is 24.0 Å². The summed E-state index contributed by atoms with van der Waals surface area (Å²) in [7, 11) is 3.43. The van der Waals surface area contributed by atoms with Crippen molar-refractivity contribution >= 4 is 34.4 Å². The Bertz CT molecular complexity index is 979. The first-order valence-corrected chi connectivity index (χ1v) is 8.65. The lowest BCUT2D eigenvalue weighted by molar-refractivity contribution is 0.0826. The van der Waals surface area contributed by atoms with Crippen LogP contribution in [0.25, 0.3) is 16.9 Å². The van der Waals surface area contributed by atoms with Gasteiger partial charge >= 0.3 is 0 Å². The number of anilines is 1. The number of rotatable bonds is 4. The Morgan fingerprint density at radius 3 is 2.62 bits per heavy atom. The zero-order valence-electron chi connectivity index (χ0n) is 15.2. The van der Waals surface area contributed by atoms with E-state index in [0.717, 1.165) is 16.6 Å². The predicted molar refractivity (Wildman–Crippen MR) is 103 cm³/mol. The van der Waals surface area contributed by atoms with Crippen LogP contribution in [0.2, 0.25) is 5.02 Å². The molecule has 26 heavy (non-hydrogen) atoms. The Hall–Kier alpha value is -2.67. The average Bonchev–Trinajstić information content (AvgIpc) is 2.97. The fourth-order valence-corrected chi connectivity index (χ4v) is 3.22. The van der Waals surface area contributed by atoms with Crippen molar-refractivity contribution in [2.75, 3.05) is 19.8 Å². The van der Waals surface area contributed by atoms with Gasteiger partial charge in [-0.3, -0.25) is 9.36 Å². The van der Waals surface area contributed by atoms with Gasteiger partial charge in [0.05, 0.1) is 21.6 Å². The molecular formula is C18H21ClN6O. The highest BCUT2D eigenvalue weighted by Gasteiger charge is 2.23. The van der Waals surface area contributed by atoms with Crippen molar-refractivity contribution in [2.45, 2.75) is 20.3 Å². The third-order valence-electron chi connectivity index (χ3n) is 4.05. The molecule has 0 aliphatic carbocycles. The number of benzene rings is 1. The van der Waals surface area contributed by atoms with Crippen LogP contribution in [0.1, 0.15) is 29.8 Å². The van der Waals surface area contributed by atoms with Crippen molar-refractivity contribution < 1.29 is 4.79 Å². The molecule has 136 valence electrons. The summed E-state index contributed by atoms with van der Waals surface area (Å²) in [5.41, 5.74) is 8.64. The normalized spacial score (nSPS) is 11.3. The number of hydrogen-bond donors (Lipinski definition) is 1. The van der Waals surface area contributed by atoms with Gasteiger partial charge in [-0.25, -0.2) is 15.0 Å². The minimum absolute atomic E-state index is 0.131. The van der Waals surface area contributed by atoms with Crippen LogP contribution < -0.4 is 5.73 Å². The molecule has 0 radical (unpaired) electrons. The molecule has 2 heterocycles. The van der Waals surface area contributed by atoms with Gasteiger partial charge in [0.15, 0.2) is 0 Å². The molecule has 0 fully saturated rings. The molecule has 7 nitrogen and oxygen atoms in total. The zero-order valence-corrected chi connectivity index (χ0v) is 15.9. The lowest BCUT2D eigenvalue weighted by Crippen LogP contribution is -2.24. The second kappa shape index (κ2) is 6.92. The number of aromatic nitrogens is 4. The van der Waals surface area contributed by atoms with Gasteiger partial charge in [-0.2, -0.15) is 0 Å². The van der Waals surface area contributed by atoms with Crippen LogP contribution in [0.5, 0.6) is 0 Å². The van der Waals surface area contributed by atoms with Crippen LogP contribution in [0.3, 0.4) is 0 Å². The fraction of sp³-hybridized carbons (Fsp3) is 0.333. The van der Waals surface area contributed by atoms with Gasteiger partial charge < -0.3 is 10.6 Å². The van der Waals surface area contributed by atoms with Crippen molar-refractivity contribution in [3.63, 3.8) is 0 Å². The number of fused-ring (bicyclic) bond motifs is 1. The van der Waals surface area contributed by atoms with Crippen LogP contribution in [0.4, 0.5) is 5.82 Å². The van der Waals surface area contributed by atoms with Gasteiger partial charge in [0, 0.05) is 20.2 Å². The topological polar surface area (TPSA) is 89.9 Å². The summed E-state index contributed by atoms with van der Waals surface area (Å²) in [6, 6.07) is 3.42. The Morgan fingerprint density at radius 1 is 1.27 bits per heavy atom. The summed E-state index contributed by atoms with van der Waals surface area (Å²) in [4.78, 5) is 27.0. The first-order valence-electron chi connectivity index (χ1n) is 8.27. The molecule has 0 unspecified atom stereocenters. The number of nitrogens with two attached hydrogens (primary N) is 1. The third-order valence-corrected chi connectivity index (χ3v) is 4.35. The summed E-state index contributed by atoms with van der Waals surface area (Å²) in [6.45, 7) is 4.19. The van der Waals surface area contributed by atoms with Crippen LogP contribution in [0, 0.1) is 5.92 Å².